The van der Waals surface area contributed by atoms with Crippen LogP contribution in [0.4, 0.5) is 4.39 Å². The summed E-state index contributed by atoms with van der Waals surface area (Å²) in [7, 11) is 0. The molecule has 0 spiro atoms. The van der Waals surface area contributed by atoms with Crippen LogP contribution in [0, 0.1) is 5.82 Å². The molecule has 3 nitrogen and oxygen atoms in total. The Labute approximate surface area is 118 Å². The molecule has 1 aliphatic heterocycles. The molecule has 0 aliphatic carbocycles. The molecule has 106 valence electrons. The zero-order valence-electron chi connectivity index (χ0n) is 11.1. The van der Waals surface area contributed by atoms with E-state index in [2.05, 4.69) is 4.90 Å². The first-order valence-corrected chi connectivity index (χ1v) is 7.01. The average Bonchev–Trinajstić information content (AvgIpc) is 2.58. The van der Waals surface area contributed by atoms with E-state index in [1.54, 1.807) is 12.1 Å². The minimum atomic E-state index is -0.291. The summed E-state index contributed by atoms with van der Waals surface area (Å²) in [5, 5.41) is 0.438. The van der Waals surface area contributed by atoms with Crippen LogP contribution in [-0.2, 0) is 4.74 Å². The summed E-state index contributed by atoms with van der Waals surface area (Å²) in [4.78, 5) is 2.17. The lowest BCUT2D eigenvalue weighted by atomic mass is 10.0. The highest BCUT2D eigenvalue weighted by Crippen LogP contribution is 2.30. The number of ether oxygens (including phenoxy) is 1. The van der Waals surface area contributed by atoms with E-state index in [1.807, 2.05) is 6.92 Å². The van der Waals surface area contributed by atoms with E-state index < -0.39 is 0 Å². The highest BCUT2D eigenvalue weighted by molar-refractivity contribution is 6.31. The number of nitrogens with zero attached hydrogens (tertiary/aromatic N) is 1. The van der Waals surface area contributed by atoms with Crippen LogP contribution < -0.4 is 5.73 Å². The van der Waals surface area contributed by atoms with Gasteiger partial charge in [-0.2, -0.15) is 0 Å². The van der Waals surface area contributed by atoms with Gasteiger partial charge < -0.3 is 10.5 Å². The molecule has 2 unspecified atom stereocenters. The predicted octanol–water partition coefficient (Wildman–Crippen LogP) is 2.59. The van der Waals surface area contributed by atoms with Gasteiger partial charge in [-0.25, -0.2) is 4.39 Å². The third-order valence-electron chi connectivity index (χ3n) is 3.48. The highest BCUT2D eigenvalue weighted by atomic mass is 35.5. The molecule has 1 aliphatic rings. The zero-order chi connectivity index (χ0) is 13.8. The van der Waals surface area contributed by atoms with Crippen LogP contribution in [0.1, 0.15) is 24.9 Å². The molecule has 1 heterocycles. The van der Waals surface area contributed by atoms with Crippen LogP contribution >= 0.6 is 11.6 Å². The lowest BCUT2D eigenvalue weighted by Crippen LogP contribution is -2.38. The van der Waals surface area contributed by atoms with Crippen LogP contribution in [0.3, 0.4) is 0 Å². The molecule has 19 heavy (non-hydrogen) atoms. The van der Waals surface area contributed by atoms with E-state index in [4.69, 9.17) is 22.1 Å². The van der Waals surface area contributed by atoms with Crippen molar-refractivity contribution in [2.75, 3.05) is 26.2 Å². The topological polar surface area (TPSA) is 38.5 Å². The molecule has 2 N–H and O–H groups in total. The third-order valence-corrected chi connectivity index (χ3v) is 3.81. The standard InChI is InChI=1S/C14H20ClFN2O/c1-10-9-18(6-3-7-19-10)13(8-17)14-11(15)4-2-5-12(14)16/h2,4-5,10,13H,3,6-9,17H2,1H3. The third kappa shape index (κ3) is 3.45. The van der Waals surface area contributed by atoms with Gasteiger partial charge in [0.2, 0.25) is 0 Å². The Morgan fingerprint density at radius 2 is 2.37 bits per heavy atom. The summed E-state index contributed by atoms with van der Waals surface area (Å²) in [5.74, 6) is -0.291. The molecule has 0 saturated carbocycles. The molecule has 0 bridgehead atoms. The lowest BCUT2D eigenvalue weighted by molar-refractivity contribution is 0.0608. The Hall–Kier alpha value is -0.680. The van der Waals surface area contributed by atoms with E-state index in [9.17, 15) is 4.39 Å². The van der Waals surface area contributed by atoms with Gasteiger partial charge in [0.05, 0.1) is 12.1 Å². The van der Waals surface area contributed by atoms with Crippen LogP contribution in [0.5, 0.6) is 0 Å². The van der Waals surface area contributed by atoms with Gasteiger partial charge in [0.1, 0.15) is 5.82 Å². The van der Waals surface area contributed by atoms with Crippen LogP contribution in [0.25, 0.3) is 0 Å². The van der Waals surface area contributed by atoms with Crippen molar-refractivity contribution in [3.05, 3.63) is 34.6 Å². The molecule has 0 radical (unpaired) electrons. The van der Waals surface area contributed by atoms with Gasteiger partial charge in [0.25, 0.3) is 0 Å². The van der Waals surface area contributed by atoms with Gasteiger partial charge in [0, 0.05) is 36.8 Å². The van der Waals surface area contributed by atoms with Crippen molar-refractivity contribution in [2.24, 2.45) is 5.73 Å². The van der Waals surface area contributed by atoms with Crippen molar-refractivity contribution in [3.63, 3.8) is 0 Å². The Morgan fingerprint density at radius 3 is 3.05 bits per heavy atom. The van der Waals surface area contributed by atoms with Crippen LogP contribution in [0.15, 0.2) is 18.2 Å². The van der Waals surface area contributed by atoms with Gasteiger partial charge >= 0.3 is 0 Å². The summed E-state index contributed by atoms with van der Waals surface area (Å²) >= 11 is 6.15. The van der Waals surface area contributed by atoms with Gasteiger partial charge in [-0.15, -0.1) is 0 Å². The summed E-state index contributed by atoms with van der Waals surface area (Å²) in [6.45, 7) is 4.69. The Morgan fingerprint density at radius 1 is 1.58 bits per heavy atom. The van der Waals surface area contributed by atoms with Gasteiger partial charge in [-0.1, -0.05) is 17.7 Å². The molecule has 1 aromatic rings. The minimum absolute atomic E-state index is 0.127. The van der Waals surface area contributed by atoms with E-state index in [1.165, 1.54) is 6.07 Å². The molecule has 2 atom stereocenters. The number of rotatable bonds is 3. The van der Waals surface area contributed by atoms with Crippen molar-refractivity contribution in [2.45, 2.75) is 25.5 Å². The molecule has 2 rings (SSSR count). The summed E-state index contributed by atoms with van der Waals surface area (Å²) in [6.07, 6.45) is 1.05. The molecule has 1 fully saturated rings. The SMILES string of the molecule is CC1CN(C(CN)c2c(F)cccc2Cl)CCCO1. The molecule has 0 aromatic heterocycles. The second kappa shape index (κ2) is 6.66. The van der Waals surface area contributed by atoms with Gasteiger partial charge in [-0.05, 0) is 25.5 Å². The van der Waals surface area contributed by atoms with Crippen LogP contribution in [0.2, 0.25) is 5.02 Å². The number of nitrogens with two attached hydrogens (primary N) is 1. The second-order valence-electron chi connectivity index (χ2n) is 4.92. The second-order valence-corrected chi connectivity index (χ2v) is 5.32. The fourth-order valence-corrected chi connectivity index (χ4v) is 2.88. The fourth-order valence-electron chi connectivity index (χ4n) is 2.59. The largest absolute Gasteiger partial charge is 0.377 e. The Kier molecular flexibility index (Phi) is 5.16. The van der Waals surface area contributed by atoms with Crippen molar-refractivity contribution in [1.82, 2.24) is 4.90 Å². The minimum Gasteiger partial charge on any atom is -0.377 e. The molecular weight excluding hydrogens is 267 g/mol. The van der Waals surface area contributed by atoms with Crippen molar-refractivity contribution in [1.29, 1.82) is 0 Å². The Balaban J connectivity index is 2.28. The first-order chi connectivity index (χ1) is 9.13. The fraction of sp³-hybridized carbons (Fsp3) is 0.571. The molecule has 0 amide bonds. The van der Waals surface area contributed by atoms with Gasteiger partial charge in [0.15, 0.2) is 0 Å². The summed E-state index contributed by atoms with van der Waals surface area (Å²) < 4.78 is 19.7. The number of hydrogen-bond donors (Lipinski definition) is 1. The molecule has 5 heteroatoms. The number of benzene rings is 1. The summed E-state index contributed by atoms with van der Waals surface area (Å²) in [5.41, 5.74) is 6.36. The maximum absolute atomic E-state index is 14.0. The Bertz CT molecular complexity index is 410. The first kappa shape index (κ1) is 14.7. The highest BCUT2D eigenvalue weighted by Gasteiger charge is 2.26. The van der Waals surface area contributed by atoms with Gasteiger partial charge in [-0.3, -0.25) is 4.90 Å². The maximum atomic E-state index is 14.0. The quantitative estimate of drug-likeness (QED) is 0.928. The molecule has 1 aromatic carbocycles. The number of halogens is 2. The lowest BCUT2D eigenvalue weighted by Gasteiger charge is -2.31. The summed E-state index contributed by atoms with van der Waals surface area (Å²) in [6, 6.07) is 4.56. The molecular formula is C14H20ClFN2O. The normalized spacial score (nSPS) is 23.1. The monoisotopic (exact) mass is 286 g/mol. The smallest absolute Gasteiger partial charge is 0.129 e. The van der Waals surface area contributed by atoms with E-state index in [-0.39, 0.29) is 18.0 Å². The maximum Gasteiger partial charge on any atom is 0.129 e. The van der Waals surface area contributed by atoms with Crippen molar-refractivity contribution < 1.29 is 9.13 Å². The zero-order valence-corrected chi connectivity index (χ0v) is 11.9. The van der Waals surface area contributed by atoms with Crippen LogP contribution in [-0.4, -0.2) is 37.2 Å². The molecule has 1 saturated heterocycles. The average molecular weight is 287 g/mol. The predicted molar refractivity (Wildman–Crippen MR) is 74.8 cm³/mol. The van der Waals surface area contributed by atoms with E-state index in [0.29, 0.717) is 17.1 Å². The first-order valence-electron chi connectivity index (χ1n) is 6.63. The van der Waals surface area contributed by atoms with E-state index >= 15 is 0 Å². The van der Waals surface area contributed by atoms with E-state index in [0.717, 1.165) is 26.1 Å². The van der Waals surface area contributed by atoms with Crippen molar-refractivity contribution in [3.8, 4) is 0 Å². The number of hydrogen-bond acceptors (Lipinski definition) is 3. The van der Waals surface area contributed by atoms with Crippen molar-refractivity contribution >= 4 is 11.6 Å².